The van der Waals surface area contributed by atoms with Gasteiger partial charge in [-0.05, 0) is 83.8 Å². The third kappa shape index (κ3) is 10.6. The highest BCUT2D eigenvalue weighted by molar-refractivity contribution is 8.00. The summed E-state index contributed by atoms with van der Waals surface area (Å²) >= 11 is 1.28. The van der Waals surface area contributed by atoms with Crippen LogP contribution in [0.25, 0.3) is 6.08 Å². The number of aryl methyl sites for hydroxylation is 1. The zero-order valence-corrected chi connectivity index (χ0v) is 30.5. The van der Waals surface area contributed by atoms with Crippen LogP contribution < -0.4 is 20.7 Å². The van der Waals surface area contributed by atoms with E-state index in [2.05, 4.69) is 16.0 Å². The number of nitrogens with zero attached hydrogens (tertiary/aromatic N) is 1. The number of hydrogen-bond acceptors (Lipinski definition) is 7. The highest BCUT2D eigenvalue weighted by Crippen LogP contribution is 2.37. The fourth-order valence-electron chi connectivity index (χ4n) is 5.49. The lowest BCUT2D eigenvalue weighted by Crippen LogP contribution is -2.30. The van der Waals surface area contributed by atoms with Crippen LogP contribution in [0.5, 0.6) is 5.75 Å². The van der Waals surface area contributed by atoms with Crippen LogP contribution in [0.4, 0.5) is 17.1 Å². The second-order valence-electron chi connectivity index (χ2n) is 12.4. The van der Waals surface area contributed by atoms with E-state index in [1.54, 1.807) is 85.8 Å². The number of rotatable bonds is 14. The standard InChI is InChI=1S/C44H36N4O6S/c1-30-26-36(48(52)53)22-25-39(30)46-44(51)41(33-14-7-3-8-15-33)55-38-19-11-18-35(28-38)45-43(50)40(47-42(49)34-16-9-4-10-17-34)27-31-20-23-37(24-21-31)54-29-32-12-5-2-6-13-32/h2-28,41H,29H2,1H3,(H,45,50)(H,46,51)(H,47,49)/b40-27-. The van der Waals surface area contributed by atoms with E-state index in [4.69, 9.17) is 4.74 Å². The molecule has 10 nitrogen and oxygen atoms in total. The molecule has 0 aliphatic carbocycles. The number of nitro groups is 1. The number of thioether (sulfide) groups is 1. The van der Waals surface area contributed by atoms with Crippen LogP contribution in [0.1, 0.15) is 37.9 Å². The van der Waals surface area contributed by atoms with Crippen LogP contribution in [0.2, 0.25) is 0 Å². The first-order valence-corrected chi connectivity index (χ1v) is 18.1. The summed E-state index contributed by atoms with van der Waals surface area (Å²) in [7, 11) is 0. The average Bonchev–Trinajstić information content (AvgIpc) is 3.21. The van der Waals surface area contributed by atoms with E-state index in [-0.39, 0.29) is 17.3 Å². The molecule has 0 aliphatic rings. The number of amides is 3. The Hall–Kier alpha value is -6.98. The van der Waals surface area contributed by atoms with Crippen molar-refractivity contribution in [3.05, 3.63) is 201 Å². The van der Waals surface area contributed by atoms with Crippen LogP contribution in [-0.4, -0.2) is 22.6 Å². The molecule has 3 N–H and O–H groups in total. The van der Waals surface area contributed by atoms with Gasteiger partial charge in [0.05, 0.1) is 4.92 Å². The van der Waals surface area contributed by atoms with E-state index < -0.39 is 22.0 Å². The summed E-state index contributed by atoms with van der Waals surface area (Å²) in [4.78, 5) is 52.3. The van der Waals surface area contributed by atoms with Gasteiger partial charge in [0.15, 0.2) is 0 Å². The van der Waals surface area contributed by atoms with Gasteiger partial charge in [-0.3, -0.25) is 24.5 Å². The van der Waals surface area contributed by atoms with Crippen molar-refractivity contribution >= 4 is 52.6 Å². The summed E-state index contributed by atoms with van der Waals surface area (Å²) in [6.07, 6.45) is 1.59. The molecular formula is C44H36N4O6S. The molecule has 1 unspecified atom stereocenters. The van der Waals surface area contributed by atoms with Crippen molar-refractivity contribution in [1.82, 2.24) is 5.32 Å². The van der Waals surface area contributed by atoms with E-state index in [0.29, 0.717) is 45.3 Å². The first-order valence-electron chi connectivity index (χ1n) is 17.3. The molecule has 6 rings (SSSR count). The molecule has 6 aromatic rings. The second kappa shape index (κ2) is 18.2. The monoisotopic (exact) mass is 748 g/mol. The van der Waals surface area contributed by atoms with Gasteiger partial charge >= 0.3 is 0 Å². The lowest BCUT2D eigenvalue weighted by Gasteiger charge is -2.18. The summed E-state index contributed by atoms with van der Waals surface area (Å²) < 4.78 is 5.91. The van der Waals surface area contributed by atoms with Crippen LogP contribution in [-0.2, 0) is 16.2 Å². The molecule has 0 saturated heterocycles. The van der Waals surface area contributed by atoms with E-state index in [9.17, 15) is 24.5 Å². The molecule has 0 radical (unpaired) electrons. The largest absolute Gasteiger partial charge is 0.489 e. The number of ether oxygens (including phenoxy) is 1. The van der Waals surface area contributed by atoms with Crippen LogP contribution in [0.15, 0.2) is 168 Å². The second-order valence-corrected chi connectivity index (χ2v) is 13.5. The van der Waals surface area contributed by atoms with Gasteiger partial charge < -0.3 is 20.7 Å². The average molecular weight is 749 g/mol. The molecule has 6 aromatic carbocycles. The van der Waals surface area contributed by atoms with Crippen LogP contribution >= 0.6 is 11.8 Å². The summed E-state index contributed by atoms with van der Waals surface area (Å²) in [5, 5.41) is 19.1. The molecule has 0 saturated carbocycles. The number of non-ortho nitro benzene ring substituents is 1. The fourth-order valence-corrected chi connectivity index (χ4v) is 6.58. The zero-order chi connectivity index (χ0) is 38.6. The minimum Gasteiger partial charge on any atom is -0.489 e. The topological polar surface area (TPSA) is 140 Å². The van der Waals surface area contributed by atoms with Gasteiger partial charge in [0, 0.05) is 34.0 Å². The maximum Gasteiger partial charge on any atom is 0.272 e. The van der Waals surface area contributed by atoms with E-state index in [1.165, 1.54) is 30.0 Å². The summed E-state index contributed by atoms with van der Waals surface area (Å²) in [6, 6.07) is 46.2. The van der Waals surface area contributed by atoms with Crippen molar-refractivity contribution in [2.75, 3.05) is 10.6 Å². The Kier molecular flexibility index (Phi) is 12.5. The normalized spacial score (nSPS) is 11.5. The minimum absolute atomic E-state index is 0.0184. The van der Waals surface area contributed by atoms with E-state index in [0.717, 1.165) is 11.1 Å². The van der Waals surface area contributed by atoms with Crippen LogP contribution in [0.3, 0.4) is 0 Å². The van der Waals surface area contributed by atoms with E-state index >= 15 is 0 Å². The SMILES string of the molecule is Cc1cc([N+](=O)[O-])ccc1NC(=O)C(Sc1cccc(NC(=O)/C(=C/c2ccc(OCc3ccccc3)cc2)NC(=O)c2ccccc2)c1)c1ccccc1. The van der Waals surface area contributed by atoms with Crippen molar-refractivity contribution in [3.8, 4) is 5.75 Å². The smallest absolute Gasteiger partial charge is 0.272 e. The van der Waals surface area contributed by atoms with Gasteiger partial charge in [0.1, 0.15) is 23.3 Å². The van der Waals surface area contributed by atoms with Crippen LogP contribution in [0, 0.1) is 17.0 Å². The molecule has 55 heavy (non-hydrogen) atoms. The molecule has 0 spiro atoms. The molecular weight excluding hydrogens is 713 g/mol. The fraction of sp³-hybridized carbons (Fsp3) is 0.0682. The third-order valence-corrected chi connectivity index (χ3v) is 9.58. The molecule has 11 heteroatoms. The molecule has 0 heterocycles. The molecule has 1 atom stereocenters. The molecule has 0 aliphatic heterocycles. The number of anilines is 2. The summed E-state index contributed by atoms with van der Waals surface area (Å²) in [5.74, 6) is -0.677. The third-order valence-electron chi connectivity index (χ3n) is 8.33. The first-order chi connectivity index (χ1) is 26.7. The highest BCUT2D eigenvalue weighted by Gasteiger charge is 2.24. The van der Waals surface area contributed by atoms with Gasteiger partial charge in [0.25, 0.3) is 17.5 Å². The number of carbonyl (C=O) groups is 3. The Balaban J connectivity index is 1.21. The number of hydrogen-bond donors (Lipinski definition) is 3. The van der Waals surface area contributed by atoms with Crippen molar-refractivity contribution in [3.63, 3.8) is 0 Å². The number of carbonyl (C=O) groups excluding carboxylic acids is 3. The number of nitro benzene ring substituents is 1. The van der Waals surface area contributed by atoms with Crippen molar-refractivity contribution in [1.29, 1.82) is 0 Å². The van der Waals surface area contributed by atoms with Gasteiger partial charge in [-0.1, -0.05) is 97.1 Å². The Labute approximate surface area is 322 Å². The summed E-state index contributed by atoms with van der Waals surface area (Å²) in [6.45, 7) is 2.10. The number of benzene rings is 6. The van der Waals surface area contributed by atoms with Gasteiger partial charge in [-0.25, -0.2) is 0 Å². The maximum atomic E-state index is 13.8. The Bertz CT molecular complexity index is 2320. The number of nitrogens with one attached hydrogen (secondary N) is 3. The zero-order valence-electron chi connectivity index (χ0n) is 29.7. The van der Waals surface area contributed by atoms with Gasteiger partial charge in [-0.15, -0.1) is 11.8 Å². The highest BCUT2D eigenvalue weighted by atomic mass is 32.2. The van der Waals surface area contributed by atoms with Gasteiger partial charge in [-0.2, -0.15) is 0 Å². The minimum atomic E-state index is -0.706. The van der Waals surface area contributed by atoms with Crippen molar-refractivity contribution < 1.29 is 24.0 Å². The van der Waals surface area contributed by atoms with E-state index in [1.807, 2.05) is 66.7 Å². The van der Waals surface area contributed by atoms with Crippen molar-refractivity contribution in [2.24, 2.45) is 0 Å². The summed E-state index contributed by atoms with van der Waals surface area (Å²) in [5.41, 5.74) is 4.24. The Morgan fingerprint density at radius 3 is 2.11 bits per heavy atom. The molecule has 274 valence electrons. The molecule has 0 fully saturated rings. The predicted octanol–water partition coefficient (Wildman–Crippen LogP) is 9.36. The molecule has 0 aromatic heterocycles. The van der Waals surface area contributed by atoms with Gasteiger partial charge in [0.2, 0.25) is 5.91 Å². The molecule has 3 amide bonds. The maximum absolute atomic E-state index is 13.8. The first kappa shape index (κ1) is 37.8. The molecule has 0 bridgehead atoms. The lowest BCUT2D eigenvalue weighted by atomic mass is 10.1. The lowest BCUT2D eigenvalue weighted by molar-refractivity contribution is -0.384. The Morgan fingerprint density at radius 1 is 0.764 bits per heavy atom. The quantitative estimate of drug-likeness (QED) is 0.0437. The predicted molar refractivity (Wildman–Crippen MR) is 216 cm³/mol. The van der Waals surface area contributed by atoms with Crippen molar-refractivity contribution in [2.45, 2.75) is 23.7 Å². The Morgan fingerprint density at radius 2 is 1.44 bits per heavy atom.